The van der Waals surface area contributed by atoms with E-state index in [4.69, 9.17) is 21.1 Å². The van der Waals surface area contributed by atoms with E-state index in [-0.39, 0.29) is 10.9 Å². The SMILES string of the molecule is C[C@@H]1c2cc3c(cc2CCN1S(=O)(=O)c1cccc(Cl)c1)OCCCO3. The van der Waals surface area contributed by atoms with Crippen molar-refractivity contribution in [3.63, 3.8) is 0 Å². The zero-order chi connectivity index (χ0) is 18.3. The van der Waals surface area contributed by atoms with Crippen LogP contribution in [0.15, 0.2) is 41.3 Å². The molecule has 2 aliphatic rings. The second kappa shape index (κ2) is 6.76. The van der Waals surface area contributed by atoms with E-state index in [1.807, 2.05) is 19.1 Å². The second-order valence-electron chi connectivity index (χ2n) is 6.55. The first kappa shape index (κ1) is 17.6. The van der Waals surface area contributed by atoms with Crippen LogP contribution < -0.4 is 9.47 Å². The number of halogens is 1. The van der Waals surface area contributed by atoms with E-state index in [2.05, 4.69) is 0 Å². The zero-order valence-corrected chi connectivity index (χ0v) is 16.0. The molecule has 0 saturated carbocycles. The average Bonchev–Trinajstić information content (AvgIpc) is 2.85. The summed E-state index contributed by atoms with van der Waals surface area (Å²) in [6.07, 6.45) is 1.47. The van der Waals surface area contributed by atoms with E-state index in [0.29, 0.717) is 37.0 Å². The molecule has 2 aromatic carbocycles. The highest BCUT2D eigenvalue weighted by atomic mass is 35.5. The number of sulfonamides is 1. The van der Waals surface area contributed by atoms with Gasteiger partial charge < -0.3 is 9.47 Å². The summed E-state index contributed by atoms with van der Waals surface area (Å²) in [6.45, 7) is 3.56. The highest BCUT2D eigenvalue weighted by Gasteiger charge is 2.35. The topological polar surface area (TPSA) is 55.8 Å². The van der Waals surface area contributed by atoms with Crippen LogP contribution in [0.4, 0.5) is 0 Å². The number of nitrogens with zero attached hydrogens (tertiary/aromatic N) is 1. The first-order valence-electron chi connectivity index (χ1n) is 8.66. The van der Waals surface area contributed by atoms with Gasteiger partial charge in [-0.25, -0.2) is 8.42 Å². The van der Waals surface area contributed by atoms with Gasteiger partial charge in [0.15, 0.2) is 11.5 Å². The van der Waals surface area contributed by atoms with Gasteiger partial charge >= 0.3 is 0 Å². The largest absolute Gasteiger partial charge is 0.490 e. The van der Waals surface area contributed by atoms with E-state index in [1.54, 1.807) is 18.2 Å². The molecule has 0 saturated heterocycles. The van der Waals surface area contributed by atoms with Crippen molar-refractivity contribution in [2.75, 3.05) is 19.8 Å². The van der Waals surface area contributed by atoms with Crippen molar-refractivity contribution < 1.29 is 17.9 Å². The summed E-state index contributed by atoms with van der Waals surface area (Å²) in [5.74, 6) is 1.44. The fourth-order valence-electron chi connectivity index (χ4n) is 3.54. The molecule has 7 heteroatoms. The number of rotatable bonds is 2. The third-order valence-corrected chi connectivity index (χ3v) is 7.10. The quantitative estimate of drug-likeness (QED) is 0.778. The molecule has 0 aliphatic carbocycles. The van der Waals surface area contributed by atoms with Crippen LogP contribution in [-0.2, 0) is 16.4 Å². The van der Waals surface area contributed by atoms with Crippen molar-refractivity contribution in [3.05, 3.63) is 52.5 Å². The van der Waals surface area contributed by atoms with Crippen molar-refractivity contribution in [1.82, 2.24) is 4.31 Å². The van der Waals surface area contributed by atoms with Crippen LogP contribution in [0.5, 0.6) is 11.5 Å². The lowest BCUT2D eigenvalue weighted by Crippen LogP contribution is -2.38. The monoisotopic (exact) mass is 393 g/mol. The average molecular weight is 394 g/mol. The van der Waals surface area contributed by atoms with Gasteiger partial charge in [-0.05, 0) is 54.8 Å². The van der Waals surface area contributed by atoms with Gasteiger partial charge in [-0.1, -0.05) is 17.7 Å². The van der Waals surface area contributed by atoms with Crippen LogP contribution in [0.3, 0.4) is 0 Å². The Balaban J connectivity index is 1.72. The minimum Gasteiger partial charge on any atom is -0.490 e. The lowest BCUT2D eigenvalue weighted by molar-refractivity contribution is 0.296. The summed E-state index contributed by atoms with van der Waals surface area (Å²) < 4.78 is 39.3. The third kappa shape index (κ3) is 3.06. The normalized spacial score (nSPS) is 20.3. The molecule has 2 aromatic rings. The molecule has 2 heterocycles. The van der Waals surface area contributed by atoms with Gasteiger partial charge in [-0.2, -0.15) is 4.31 Å². The Morgan fingerprint density at radius 2 is 1.85 bits per heavy atom. The Bertz CT molecular complexity index is 945. The standard InChI is InChI=1S/C19H20ClNO4S/c1-13-17-12-19-18(24-8-3-9-25-19)10-14(17)6-7-21(13)26(22,23)16-5-2-4-15(20)11-16/h2,4-5,10-13H,3,6-9H2,1H3/t13-/m1/s1. The Kier molecular flexibility index (Phi) is 4.59. The van der Waals surface area contributed by atoms with Crippen LogP contribution in [0.25, 0.3) is 0 Å². The van der Waals surface area contributed by atoms with Crippen molar-refractivity contribution in [2.24, 2.45) is 0 Å². The first-order chi connectivity index (χ1) is 12.5. The molecule has 4 rings (SSSR count). The van der Waals surface area contributed by atoms with Gasteiger partial charge in [0.25, 0.3) is 0 Å². The lowest BCUT2D eigenvalue weighted by atomic mass is 9.94. The Hall–Kier alpha value is -1.76. The molecule has 138 valence electrons. The number of fused-ring (bicyclic) bond motifs is 2. The van der Waals surface area contributed by atoms with Crippen LogP contribution >= 0.6 is 11.6 Å². The molecule has 0 amide bonds. The molecule has 0 N–H and O–H groups in total. The molecular formula is C19H20ClNO4S. The fourth-order valence-corrected chi connectivity index (χ4v) is 5.46. The zero-order valence-electron chi connectivity index (χ0n) is 14.4. The van der Waals surface area contributed by atoms with Crippen molar-refractivity contribution in [3.8, 4) is 11.5 Å². The molecule has 0 aromatic heterocycles. The maximum absolute atomic E-state index is 13.1. The number of hydrogen-bond donors (Lipinski definition) is 0. The van der Waals surface area contributed by atoms with Gasteiger partial charge in [0, 0.05) is 24.0 Å². The van der Waals surface area contributed by atoms with E-state index < -0.39 is 10.0 Å². The van der Waals surface area contributed by atoms with Crippen LogP contribution in [0.1, 0.15) is 30.5 Å². The Morgan fingerprint density at radius 3 is 2.58 bits per heavy atom. The van der Waals surface area contributed by atoms with Gasteiger partial charge in [0.05, 0.1) is 18.1 Å². The predicted octanol–water partition coefficient (Wildman–Crippen LogP) is 3.81. The highest BCUT2D eigenvalue weighted by Crippen LogP contribution is 2.40. The molecular weight excluding hydrogens is 374 g/mol. The van der Waals surface area contributed by atoms with Crippen molar-refractivity contribution in [1.29, 1.82) is 0 Å². The van der Waals surface area contributed by atoms with Crippen LogP contribution in [0.2, 0.25) is 5.02 Å². The number of ether oxygens (including phenoxy) is 2. The van der Waals surface area contributed by atoms with E-state index in [1.165, 1.54) is 10.4 Å². The summed E-state index contributed by atoms with van der Waals surface area (Å²) in [5, 5.41) is 0.409. The number of hydrogen-bond acceptors (Lipinski definition) is 4. The molecule has 0 unspecified atom stereocenters. The van der Waals surface area contributed by atoms with Gasteiger partial charge in [0.2, 0.25) is 10.0 Å². The molecule has 0 bridgehead atoms. The van der Waals surface area contributed by atoms with Gasteiger partial charge in [-0.15, -0.1) is 0 Å². The Labute approximate surface area is 158 Å². The minimum atomic E-state index is -3.63. The fraction of sp³-hybridized carbons (Fsp3) is 0.368. The summed E-state index contributed by atoms with van der Waals surface area (Å²) in [7, 11) is -3.63. The molecule has 0 fully saturated rings. The maximum atomic E-state index is 13.1. The van der Waals surface area contributed by atoms with E-state index in [0.717, 1.165) is 23.3 Å². The van der Waals surface area contributed by atoms with Gasteiger partial charge in [-0.3, -0.25) is 0 Å². The van der Waals surface area contributed by atoms with Crippen molar-refractivity contribution in [2.45, 2.75) is 30.7 Å². The second-order valence-corrected chi connectivity index (χ2v) is 8.87. The highest BCUT2D eigenvalue weighted by molar-refractivity contribution is 7.89. The molecule has 0 spiro atoms. The van der Waals surface area contributed by atoms with Crippen molar-refractivity contribution >= 4 is 21.6 Å². The summed E-state index contributed by atoms with van der Waals surface area (Å²) in [5.41, 5.74) is 2.07. The van der Waals surface area contributed by atoms with E-state index >= 15 is 0 Å². The minimum absolute atomic E-state index is 0.217. The summed E-state index contributed by atoms with van der Waals surface area (Å²) in [4.78, 5) is 0.217. The number of benzene rings is 2. The van der Waals surface area contributed by atoms with Crippen LogP contribution in [-0.4, -0.2) is 32.5 Å². The molecule has 5 nitrogen and oxygen atoms in total. The molecule has 0 radical (unpaired) electrons. The maximum Gasteiger partial charge on any atom is 0.243 e. The predicted molar refractivity (Wildman–Crippen MR) is 99.5 cm³/mol. The third-order valence-electron chi connectivity index (χ3n) is 4.90. The molecule has 1 atom stereocenters. The van der Waals surface area contributed by atoms with E-state index in [9.17, 15) is 8.42 Å². The smallest absolute Gasteiger partial charge is 0.243 e. The molecule has 26 heavy (non-hydrogen) atoms. The Morgan fingerprint density at radius 1 is 1.12 bits per heavy atom. The summed E-state index contributed by atoms with van der Waals surface area (Å²) in [6, 6.07) is 10.0. The molecule has 2 aliphatic heterocycles. The van der Waals surface area contributed by atoms with Crippen LogP contribution in [0, 0.1) is 0 Å². The lowest BCUT2D eigenvalue weighted by Gasteiger charge is -2.34. The van der Waals surface area contributed by atoms with Gasteiger partial charge in [0.1, 0.15) is 0 Å². The summed E-state index contributed by atoms with van der Waals surface area (Å²) >= 11 is 5.99. The first-order valence-corrected chi connectivity index (χ1v) is 10.5.